The molecule has 0 radical (unpaired) electrons. The van der Waals surface area contributed by atoms with Crippen molar-refractivity contribution in [2.75, 3.05) is 11.5 Å². The minimum atomic E-state index is -0.701. The number of carbonyl (C=O) groups is 2. The minimum Gasteiger partial charge on any atom is -0.480 e. The van der Waals surface area contributed by atoms with Crippen LogP contribution in [0, 0.1) is 0 Å². The van der Waals surface area contributed by atoms with Gasteiger partial charge in [0.1, 0.15) is 10.5 Å². The van der Waals surface area contributed by atoms with E-state index in [0.29, 0.717) is 0 Å². The molecule has 128 valence electrons. The van der Waals surface area contributed by atoms with Crippen LogP contribution in [0.1, 0.15) is 51.4 Å². The smallest absolute Gasteiger partial charge is 0.317 e. The molecule has 0 aromatic heterocycles. The Bertz CT molecular complexity index is 293. The molecule has 0 bridgehead atoms. The van der Waals surface area contributed by atoms with Crippen molar-refractivity contribution in [1.29, 1.82) is 0 Å². The highest BCUT2D eigenvalue weighted by Gasteiger charge is 2.19. The molecule has 1 aliphatic heterocycles. The number of aliphatic carboxylic acids is 2. The highest BCUT2D eigenvalue weighted by Crippen LogP contribution is 2.34. The molecule has 2 atom stereocenters. The Labute approximate surface area is 148 Å². The normalized spacial score (nSPS) is 27.1. The van der Waals surface area contributed by atoms with Gasteiger partial charge < -0.3 is 10.2 Å². The van der Waals surface area contributed by atoms with E-state index in [0.717, 1.165) is 62.9 Å². The number of rotatable bonds is 2. The molecule has 2 N–H and O–H groups in total. The van der Waals surface area contributed by atoms with Crippen molar-refractivity contribution in [3.63, 3.8) is 0 Å². The van der Waals surface area contributed by atoms with Crippen LogP contribution in [0.25, 0.3) is 0 Å². The fourth-order valence-corrected chi connectivity index (χ4v) is 7.22. The zero-order valence-electron chi connectivity index (χ0n) is 12.6. The third-order valence-electron chi connectivity index (χ3n) is 3.31. The maximum absolute atomic E-state index is 11.2. The Balaban J connectivity index is 2.39. The molecule has 4 nitrogen and oxygen atoms in total. The second kappa shape index (κ2) is 12.7. The summed E-state index contributed by atoms with van der Waals surface area (Å²) in [5, 5.41) is 17.8. The lowest BCUT2D eigenvalue weighted by molar-refractivity contribution is -0.137. The van der Waals surface area contributed by atoms with Crippen molar-refractivity contribution in [2.24, 2.45) is 0 Å². The van der Waals surface area contributed by atoms with Crippen molar-refractivity contribution in [3.05, 3.63) is 0 Å². The van der Waals surface area contributed by atoms with Gasteiger partial charge in [-0.3, -0.25) is 9.59 Å². The standard InChI is InChI=1S/C14H24O4S4/c15-13(16)11-7-3-1-5-9-19-22-12(14(17)18)8-4-2-6-10-20-21-11/h11-12H,1-10H2,(H,15,16)(H,17,18). The molecule has 0 saturated carbocycles. The van der Waals surface area contributed by atoms with Crippen LogP contribution in [0.3, 0.4) is 0 Å². The Kier molecular flexibility index (Phi) is 11.8. The summed E-state index contributed by atoms with van der Waals surface area (Å²) >= 11 is 0. The first-order valence-corrected chi connectivity index (χ1v) is 12.4. The van der Waals surface area contributed by atoms with Gasteiger partial charge in [0.15, 0.2) is 0 Å². The van der Waals surface area contributed by atoms with Crippen molar-refractivity contribution < 1.29 is 19.8 Å². The fraction of sp³-hybridized carbons (Fsp3) is 0.857. The molecule has 1 rings (SSSR count). The van der Waals surface area contributed by atoms with Gasteiger partial charge in [0.2, 0.25) is 0 Å². The average Bonchev–Trinajstić information content (AvgIpc) is 2.46. The van der Waals surface area contributed by atoms with Crippen LogP contribution in [0.2, 0.25) is 0 Å². The fourth-order valence-electron chi connectivity index (χ4n) is 2.02. The molecule has 0 spiro atoms. The quantitative estimate of drug-likeness (QED) is 0.658. The van der Waals surface area contributed by atoms with Crippen molar-refractivity contribution >= 4 is 55.1 Å². The first-order chi connectivity index (χ1) is 10.6. The summed E-state index contributed by atoms with van der Waals surface area (Å²) in [6, 6.07) is 0. The molecule has 1 fully saturated rings. The Morgan fingerprint density at radius 3 is 1.45 bits per heavy atom. The molecule has 1 heterocycles. The maximum atomic E-state index is 11.2. The molecule has 8 heteroatoms. The molecule has 0 aromatic carbocycles. The summed E-state index contributed by atoms with van der Waals surface area (Å²) in [5.74, 6) is 0.475. The summed E-state index contributed by atoms with van der Waals surface area (Å²) in [5.41, 5.74) is 0. The first-order valence-electron chi connectivity index (χ1n) is 7.63. The molecular formula is C14H24O4S4. The summed E-state index contributed by atoms with van der Waals surface area (Å²) in [6.45, 7) is 0. The van der Waals surface area contributed by atoms with Gasteiger partial charge in [-0.15, -0.1) is 0 Å². The van der Waals surface area contributed by atoms with Gasteiger partial charge in [-0.2, -0.15) is 0 Å². The summed E-state index contributed by atoms with van der Waals surface area (Å²) in [6.07, 6.45) is 7.38. The molecule has 0 aromatic rings. The van der Waals surface area contributed by atoms with Gasteiger partial charge in [-0.1, -0.05) is 68.9 Å². The Morgan fingerprint density at radius 1 is 0.682 bits per heavy atom. The van der Waals surface area contributed by atoms with Crippen molar-refractivity contribution in [2.45, 2.75) is 61.9 Å². The van der Waals surface area contributed by atoms with Crippen LogP contribution in [-0.2, 0) is 9.59 Å². The van der Waals surface area contributed by atoms with Crippen LogP contribution >= 0.6 is 43.2 Å². The van der Waals surface area contributed by atoms with Gasteiger partial charge in [-0.05, 0) is 25.7 Å². The van der Waals surface area contributed by atoms with E-state index in [1.54, 1.807) is 21.6 Å². The van der Waals surface area contributed by atoms with E-state index in [4.69, 9.17) is 0 Å². The van der Waals surface area contributed by atoms with E-state index in [2.05, 4.69) is 0 Å². The molecule has 22 heavy (non-hydrogen) atoms. The van der Waals surface area contributed by atoms with Crippen LogP contribution < -0.4 is 0 Å². The number of hydrogen-bond acceptors (Lipinski definition) is 6. The summed E-state index contributed by atoms with van der Waals surface area (Å²) in [7, 11) is 6.25. The highest BCUT2D eigenvalue weighted by atomic mass is 33.1. The Hall–Kier alpha value is 0.340. The van der Waals surface area contributed by atoms with Gasteiger partial charge in [0.25, 0.3) is 0 Å². The third kappa shape index (κ3) is 9.47. The van der Waals surface area contributed by atoms with Gasteiger partial charge in [-0.25, -0.2) is 0 Å². The van der Waals surface area contributed by atoms with E-state index in [1.807, 2.05) is 0 Å². The largest absolute Gasteiger partial charge is 0.480 e. The minimum absolute atomic E-state index is 0.295. The maximum Gasteiger partial charge on any atom is 0.317 e. The van der Waals surface area contributed by atoms with E-state index >= 15 is 0 Å². The average molecular weight is 385 g/mol. The van der Waals surface area contributed by atoms with E-state index < -0.39 is 11.9 Å². The summed E-state index contributed by atoms with van der Waals surface area (Å²) < 4.78 is 0. The molecule has 0 amide bonds. The molecule has 1 aliphatic rings. The third-order valence-corrected chi connectivity index (χ3v) is 9.04. The second-order valence-corrected chi connectivity index (χ2v) is 10.6. The van der Waals surface area contributed by atoms with Crippen molar-refractivity contribution in [3.8, 4) is 0 Å². The van der Waals surface area contributed by atoms with E-state index in [1.165, 1.54) is 21.6 Å². The van der Waals surface area contributed by atoms with Crippen LogP contribution in [0.15, 0.2) is 0 Å². The lowest BCUT2D eigenvalue weighted by atomic mass is 10.1. The van der Waals surface area contributed by atoms with Gasteiger partial charge in [0.05, 0.1) is 0 Å². The second-order valence-electron chi connectivity index (χ2n) is 5.19. The van der Waals surface area contributed by atoms with Crippen LogP contribution in [0.5, 0.6) is 0 Å². The molecular weight excluding hydrogens is 360 g/mol. The van der Waals surface area contributed by atoms with E-state index in [9.17, 15) is 19.8 Å². The molecule has 1 saturated heterocycles. The lowest BCUT2D eigenvalue weighted by Crippen LogP contribution is -2.16. The first kappa shape index (κ1) is 20.4. The lowest BCUT2D eigenvalue weighted by Gasteiger charge is -2.13. The molecule has 2 unspecified atom stereocenters. The van der Waals surface area contributed by atoms with Crippen LogP contribution in [-0.4, -0.2) is 44.2 Å². The summed E-state index contributed by atoms with van der Waals surface area (Å²) in [4.78, 5) is 22.4. The van der Waals surface area contributed by atoms with Gasteiger partial charge >= 0.3 is 11.9 Å². The number of carboxylic acid groups (broad SMARTS) is 2. The Morgan fingerprint density at radius 2 is 1.09 bits per heavy atom. The highest BCUT2D eigenvalue weighted by molar-refractivity contribution is 8.77. The molecule has 0 aliphatic carbocycles. The van der Waals surface area contributed by atoms with E-state index in [-0.39, 0.29) is 10.5 Å². The zero-order chi connectivity index (χ0) is 16.2. The van der Waals surface area contributed by atoms with Gasteiger partial charge in [0, 0.05) is 11.5 Å². The number of carboxylic acids is 2. The van der Waals surface area contributed by atoms with Crippen LogP contribution in [0.4, 0.5) is 0 Å². The predicted molar refractivity (Wildman–Crippen MR) is 99.9 cm³/mol. The predicted octanol–water partition coefficient (Wildman–Crippen LogP) is 4.79. The topological polar surface area (TPSA) is 74.6 Å². The SMILES string of the molecule is O=C(O)C1CCCCCSSC(C(=O)O)CCCCCSS1. The zero-order valence-corrected chi connectivity index (χ0v) is 15.8. The van der Waals surface area contributed by atoms with Crippen molar-refractivity contribution in [1.82, 2.24) is 0 Å². The number of hydrogen-bond donors (Lipinski definition) is 2. The monoisotopic (exact) mass is 384 g/mol.